The Morgan fingerprint density at radius 3 is 2.22 bits per heavy atom. The third kappa shape index (κ3) is 5.09. The highest BCUT2D eigenvalue weighted by atomic mass is 16.5. The second-order valence-electron chi connectivity index (χ2n) is 7.49. The third-order valence-corrected chi connectivity index (χ3v) is 4.40. The molecule has 27 heavy (non-hydrogen) atoms. The van der Waals surface area contributed by atoms with Crippen LogP contribution >= 0.6 is 0 Å². The Balaban J connectivity index is 2.07. The lowest BCUT2D eigenvalue weighted by atomic mass is 9.87. The fraction of sp³-hybridized carbons (Fsp3) is 0.364. The van der Waals surface area contributed by atoms with Crippen LogP contribution in [-0.4, -0.2) is 25.1 Å². The summed E-state index contributed by atoms with van der Waals surface area (Å²) >= 11 is 0. The van der Waals surface area contributed by atoms with Crippen LogP contribution in [0.25, 0.3) is 0 Å². The van der Waals surface area contributed by atoms with Gasteiger partial charge in [-0.1, -0.05) is 39.0 Å². The molecule has 0 heterocycles. The molecule has 0 bridgehead atoms. The fourth-order valence-corrected chi connectivity index (χ4v) is 2.63. The Labute approximate surface area is 160 Å². The van der Waals surface area contributed by atoms with E-state index in [-0.39, 0.29) is 11.3 Å². The van der Waals surface area contributed by atoms with E-state index in [9.17, 15) is 9.59 Å². The summed E-state index contributed by atoms with van der Waals surface area (Å²) in [6.45, 7) is 9.88. The van der Waals surface area contributed by atoms with E-state index in [2.05, 4.69) is 26.1 Å². The molecule has 1 amide bonds. The van der Waals surface area contributed by atoms with E-state index in [0.717, 1.165) is 0 Å². The van der Waals surface area contributed by atoms with E-state index in [1.807, 2.05) is 24.3 Å². The van der Waals surface area contributed by atoms with Crippen molar-refractivity contribution in [3.63, 3.8) is 0 Å². The molecule has 0 aromatic heterocycles. The number of benzene rings is 2. The molecule has 144 valence electrons. The van der Waals surface area contributed by atoms with Gasteiger partial charge in [0.25, 0.3) is 5.91 Å². The number of ether oxygens (including phenoxy) is 2. The molecule has 5 nitrogen and oxygen atoms in total. The Hall–Kier alpha value is -2.82. The lowest BCUT2D eigenvalue weighted by molar-refractivity contribution is -0.122. The van der Waals surface area contributed by atoms with Crippen molar-refractivity contribution in [3.05, 3.63) is 59.2 Å². The summed E-state index contributed by atoms with van der Waals surface area (Å²) < 4.78 is 10.5. The number of methoxy groups -OCH3 is 1. The smallest absolute Gasteiger partial charge is 0.338 e. The molecular weight excluding hydrogens is 342 g/mol. The molecule has 0 saturated carbocycles. The van der Waals surface area contributed by atoms with E-state index >= 15 is 0 Å². The van der Waals surface area contributed by atoms with Crippen LogP contribution in [0.15, 0.2) is 42.5 Å². The number of esters is 1. The molecule has 1 N–H and O–H groups in total. The Morgan fingerprint density at radius 2 is 1.67 bits per heavy atom. The van der Waals surface area contributed by atoms with Gasteiger partial charge in [0.2, 0.25) is 0 Å². The second kappa shape index (κ2) is 8.25. The minimum atomic E-state index is -0.688. The first-order valence-electron chi connectivity index (χ1n) is 8.89. The number of hydrogen-bond donors (Lipinski definition) is 1. The number of hydrogen-bond acceptors (Lipinski definition) is 4. The first-order valence-corrected chi connectivity index (χ1v) is 8.89. The molecule has 1 atom stereocenters. The number of amides is 1. The molecule has 0 aliphatic heterocycles. The number of carbonyl (C=O) groups is 2. The van der Waals surface area contributed by atoms with Gasteiger partial charge in [0.1, 0.15) is 5.75 Å². The van der Waals surface area contributed by atoms with Crippen LogP contribution in [0.5, 0.6) is 5.75 Å². The topological polar surface area (TPSA) is 64.6 Å². The molecule has 2 aromatic rings. The van der Waals surface area contributed by atoms with Crippen LogP contribution < -0.4 is 10.1 Å². The normalized spacial score (nSPS) is 12.2. The largest absolute Gasteiger partial charge is 0.481 e. The zero-order chi connectivity index (χ0) is 20.2. The second-order valence-corrected chi connectivity index (χ2v) is 7.49. The van der Waals surface area contributed by atoms with E-state index in [1.54, 1.807) is 32.0 Å². The minimum absolute atomic E-state index is 0.0592. The number of anilines is 1. The molecule has 0 aliphatic carbocycles. The van der Waals surface area contributed by atoms with Crippen LogP contribution in [0, 0.1) is 6.92 Å². The van der Waals surface area contributed by atoms with Crippen molar-refractivity contribution >= 4 is 17.6 Å². The van der Waals surface area contributed by atoms with Gasteiger partial charge in [0.15, 0.2) is 6.10 Å². The highest BCUT2D eigenvalue weighted by Crippen LogP contribution is 2.25. The maximum Gasteiger partial charge on any atom is 0.338 e. The number of rotatable bonds is 5. The fourth-order valence-electron chi connectivity index (χ4n) is 2.63. The van der Waals surface area contributed by atoms with Crippen molar-refractivity contribution in [2.45, 2.75) is 46.1 Å². The van der Waals surface area contributed by atoms with Gasteiger partial charge in [0, 0.05) is 5.69 Å². The molecule has 0 radical (unpaired) electrons. The molecule has 2 aromatic carbocycles. The molecule has 1 unspecified atom stereocenters. The molecule has 0 aliphatic rings. The van der Waals surface area contributed by atoms with Crippen LogP contribution in [-0.2, 0) is 14.9 Å². The molecular formula is C22H27NO4. The molecule has 0 saturated heterocycles. The van der Waals surface area contributed by atoms with Crippen molar-refractivity contribution in [3.8, 4) is 5.75 Å². The predicted molar refractivity (Wildman–Crippen MR) is 106 cm³/mol. The summed E-state index contributed by atoms with van der Waals surface area (Å²) in [5.41, 5.74) is 2.88. The molecule has 0 spiro atoms. The highest BCUT2D eigenvalue weighted by Gasteiger charge is 2.19. The van der Waals surface area contributed by atoms with Gasteiger partial charge in [-0.2, -0.15) is 0 Å². The third-order valence-electron chi connectivity index (χ3n) is 4.40. The van der Waals surface area contributed by atoms with Gasteiger partial charge in [-0.05, 0) is 54.7 Å². The highest BCUT2D eigenvalue weighted by molar-refractivity contribution is 5.98. The lowest BCUT2D eigenvalue weighted by Gasteiger charge is -2.20. The molecule has 0 fully saturated rings. The SMILES string of the molecule is COC(=O)c1cccc(NC(=O)C(C)Oc2ccc(C(C)(C)C)cc2)c1C. The summed E-state index contributed by atoms with van der Waals surface area (Å²) in [5, 5.41) is 2.81. The summed E-state index contributed by atoms with van der Waals surface area (Å²) in [7, 11) is 1.33. The Morgan fingerprint density at radius 1 is 1.04 bits per heavy atom. The maximum atomic E-state index is 12.5. The van der Waals surface area contributed by atoms with Gasteiger partial charge in [0.05, 0.1) is 12.7 Å². The van der Waals surface area contributed by atoms with Crippen molar-refractivity contribution in [2.24, 2.45) is 0 Å². The zero-order valence-corrected chi connectivity index (χ0v) is 16.8. The van der Waals surface area contributed by atoms with E-state index in [4.69, 9.17) is 9.47 Å². The van der Waals surface area contributed by atoms with Crippen LogP contribution in [0.4, 0.5) is 5.69 Å². The van der Waals surface area contributed by atoms with Crippen LogP contribution in [0.1, 0.15) is 49.2 Å². The first kappa shape index (κ1) is 20.5. The van der Waals surface area contributed by atoms with E-state index in [0.29, 0.717) is 22.6 Å². The van der Waals surface area contributed by atoms with Gasteiger partial charge in [-0.3, -0.25) is 4.79 Å². The Bertz CT molecular complexity index is 819. The van der Waals surface area contributed by atoms with Gasteiger partial charge >= 0.3 is 5.97 Å². The van der Waals surface area contributed by atoms with E-state index < -0.39 is 12.1 Å². The monoisotopic (exact) mass is 369 g/mol. The average Bonchev–Trinajstić information content (AvgIpc) is 2.62. The summed E-state index contributed by atoms with van der Waals surface area (Å²) in [4.78, 5) is 24.3. The van der Waals surface area contributed by atoms with Gasteiger partial charge < -0.3 is 14.8 Å². The van der Waals surface area contributed by atoms with Crippen molar-refractivity contribution in [2.75, 3.05) is 12.4 Å². The van der Waals surface area contributed by atoms with Crippen molar-refractivity contribution in [1.29, 1.82) is 0 Å². The minimum Gasteiger partial charge on any atom is -0.481 e. The quantitative estimate of drug-likeness (QED) is 0.789. The standard InChI is InChI=1S/C22H27NO4/c1-14-18(21(25)26-6)8-7-9-19(14)23-20(24)15(2)27-17-12-10-16(11-13-17)22(3,4)5/h7-13,15H,1-6H3,(H,23,24). The van der Waals surface area contributed by atoms with Gasteiger partial charge in [-0.15, -0.1) is 0 Å². The molecule has 5 heteroatoms. The summed E-state index contributed by atoms with van der Waals surface area (Å²) in [5.74, 6) is -0.0995. The maximum absolute atomic E-state index is 12.5. The average molecular weight is 369 g/mol. The first-order chi connectivity index (χ1) is 12.6. The van der Waals surface area contributed by atoms with Crippen LogP contribution in [0.3, 0.4) is 0 Å². The predicted octanol–water partition coefficient (Wildman–Crippen LogP) is 4.49. The number of carbonyl (C=O) groups excluding carboxylic acids is 2. The molecule has 2 rings (SSSR count). The summed E-state index contributed by atoms with van der Waals surface area (Å²) in [6.07, 6.45) is -0.688. The van der Waals surface area contributed by atoms with Gasteiger partial charge in [-0.25, -0.2) is 4.79 Å². The van der Waals surface area contributed by atoms with E-state index in [1.165, 1.54) is 12.7 Å². The number of nitrogens with one attached hydrogen (secondary N) is 1. The summed E-state index contributed by atoms with van der Waals surface area (Å²) in [6, 6.07) is 12.8. The van der Waals surface area contributed by atoms with Crippen LogP contribution in [0.2, 0.25) is 0 Å². The van der Waals surface area contributed by atoms with Crippen molar-refractivity contribution < 1.29 is 19.1 Å². The van der Waals surface area contributed by atoms with Crippen molar-refractivity contribution in [1.82, 2.24) is 0 Å². The Kier molecular flexibility index (Phi) is 6.26. The lowest BCUT2D eigenvalue weighted by Crippen LogP contribution is -2.30. The zero-order valence-electron chi connectivity index (χ0n) is 16.8.